The Balaban J connectivity index is 1.46. The van der Waals surface area contributed by atoms with Gasteiger partial charge < -0.3 is 19.9 Å². The number of aromatic nitrogens is 2. The van der Waals surface area contributed by atoms with Crippen LogP contribution >= 0.6 is 0 Å². The molecule has 1 saturated carbocycles. The van der Waals surface area contributed by atoms with E-state index in [2.05, 4.69) is 29.5 Å². The van der Waals surface area contributed by atoms with Crippen molar-refractivity contribution in [2.45, 2.75) is 44.0 Å². The molecule has 4 atom stereocenters. The van der Waals surface area contributed by atoms with Crippen LogP contribution in [0.25, 0.3) is 0 Å². The summed E-state index contributed by atoms with van der Waals surface area (Å²) >= 11 is 0. The van der Waals surface area contributed by atoms with E-state index in [0.717, 1.165) is 29.9 Å². The molecule has 0 bridgehead atoms. The van der Waals surface area contributed by atoms with Gasteiger partial charge >= 0.3 is 0 Å². The topological polar surface area (TPSA) is 68.5 Å². The number of rotatable bonds is 4. The number of aliphatic hydroxyl groups excluding tert-OH is 1. The lowest BCUT2D eigenvalue weighted by molar-refractivity contribution is -0.0110. The molecule has 2 aromatic rings. The first kappa shape index (κ1) is 15.5. The van der Waals surface area contributed by atoms with Crippen LogP contribution in [-0.4, -0.2) is 40.2 Å². The van der Waals surface area contributed by atoms with Gasteiger partial charge in [-0.1, -0.05) is 6.07 Å². The van der Waals surface area contributed by atoms with Crippen molar-refractivity contribution in [2.75, 3.05) is 13.2 Å². The molecule has 1 unspecified atom stereocenters. The van der Waals surface area contributed by atoms with E-state index in [-0.39, 0.29) is 24.2 Å². The molecule has 1 aliphatic heterocycles. The van der Waals surface area contributed by atoms with Gasteiger partial charge in [0.15, 0.2) is 11.5 Å². The van der Waals surface area contributed by atoms with E-state index < -0.39 is 0 Å². The van der Waals surface area contributed by atoms with Crippen LogP contribution in [0.5, 0.6) is 11.5 Å². The summed E-state index contributed by atoms with van der Waals surface area (Å²) in [5.74, 6) is 1.63. The summed E-state index contributed by atoms with van der Waals surface area (Å²) in [5.41, 5.74) is 1.15. The third kappa shape index (κ3) is 2.87. The Morgan fingerprint density at radius 1 is 1.29 bits per heavy atom. The predicted molar refractivity (Wildman–Crippen MR) is 89.3 cm³/mol. The standard InChI is InChI=1S/C18H23N3O3/c1-12(13-4-5-16-17(10-13)24-9-3-8-23-16)20-14-11-15(22)18(14)21-7-2-6-19-21/h2,4-7,10,12,14-15,18,20,22H,3,8-9,11H2,1H3/t12?,14-,15+,18+/m0/s1. The van der Waals surface area contributed by atoms with Gasteiger partial charge in [-0.15, -0.1) is 0 Å². The number of ether oxygens (including phenoxy) is 2. The highest BCUT2D eigenvalue weighted by molar-refractivity contribution is 5.44. The van der Waals surface area contributed by atoms with Gasteiger partial charge in [-0.3, -0.25) is 4.68 Å². The fourth-order valence-electron chi connectivity index (χ4n) is 3.46. The summed E-state index contributed by atoms with van der Waals surface area (Å²) in [7, 11) is 0. The molecule has 0 saturated heterocycles. The van der Waals surface area contributed by atoms with Gasteiger partial charge in [0.05, 0.1) is 25.4 Å². The summed E-state index contributed by atoms with van der Waals surface area (Å²) in [6, 6.07) is 8.33. The molecule has 2 heterocycles. The third-order valence-corrected chi connectivity index (χ3v) is 4.87. The molecule has 1 aromatic carbocycles. The molecule has 128 valence electrons. The summed E-state index contributed by atoms with van der Waals surface area (Å²) < 4.78 is 13.3. The molecule has 0 spiro atoms. The number of hydrogen-bond donors (Lipinski definition) is 2. The van der Waals surface area contributed by atoms with Crippen LogP contribution in [0, 0.1) is 0 Å². The van der Waals surface area contributed by atoms with E-state index in [4.69, 9.17) is 9.47 Å². The van der Waals surface area contributed by atoms with E-state index in [1.807, 2.05) is 23.0 Å². The zero-order chi connectivity index (χ0) is 16.5. The molecule has 6 heteroatoms. The highest BCUT2D eigenvalue weighted by Gasteiger charge is 2.42. The van der Waals surface area contributed by atoms with E-state index in [9.17, 15) is 5.11 Å². The van der Waals surface area contributed by atoms with E-state index in [1.54, 1.807) is 6.20 Å². The number of fused-ring (bicyclic) bond motifs is 1. The number of hydrogen-bond acceptors (Lipinski definition) is 5. The Morgan fingerprint density at radius 3 is 2.88 bits per heavy atom. The molecule has 2 N–H and O–H groups in total. The lowest BCUT2D eigenvalue weighted by Crippen LogP contribution is -2.55. The molecule has 4 rings (SSSR count). The Bertz CT molecular complexity index is 689. The normalized spacial score (nSPS) is 27.2. The van der Waals surface area contributed by atoms with Crippen LogP contribution in [0.2, 0.25) is 0 Å². The van der Waals surface area contributed by atoms with Gasteiger partial charge in [0, 0.05) is 30.9 Å². The highest BCUT2D eigenvalue weighted by atomic mass is 16.5. The van der Waals surface area contributed by atoms with Gasteiger partial charge in [-0.2, -0.15) is 5.10 Å². The minimum atomic E-state index is -0.349. The van der Waals surface area contributed by atoms with Crippen LogP contribution in [0.4, 0.5) is 0 Å². The van der Waals surface area contributed by atoms with Crippen LogP contribution < -0.4 is 14.8 Å². The average Bonchev–Trinajstić information content (AvgIpc) is 2.97. The maximum atomic E-state index is 10.1. The monoisotopic (exact) mass is 329 g/mol. The van der Waals surface area contributed by atoms with Crippen molar-refractivity contribution < 1.29 is 14.6 Å². The van der Waals surface area contributed by atoms with Crippen molar-refractivity contribution in [3.63, 3.8) is 0 Å². The Morgan fingerprint density at radius 2 is 2.12 bits per heavy atom. The quantitative estimate of drug-likeness (QED) is 0.899. The number of aliphatic hydroxyl groups is 1. The maximum Gasteiger partial charge on any atom is 0.161 e. The first-order chi connectivity index (χ1) is 11.7. The van der Waals surface area contributed by atoms with Crippen LogP contribution in [0.1, 0.15) is 37.4 Å². The molecule has 2 aliphatic rings. The van der Waals surface area contributed by atoms with Crippen molar-refractivity contribution >= 4 is 0 Å². The van der Waals surface area contributed by atoms with E-state index in [0.29, 0.717) is 13.2 Å². The fraction of sp³-hybridized carbons (Fsp3) is 0.500. The molecular formula is C18H23N3O3. The summed E-state index contributed by atoms with van der Waals surface area (Å²) in [5, 5.41) is 18.0. The smallest absolute Gasteiger partial charge is 0.161 e. The summed E-state index contributed by atoms with van der Waals surface area (Å²) in [4.78, 5) is 0. The molecule has 1 aromatic heterocycles. The molecule has 0 radical (unpaired) electrons. The number of nitrogens with zero attached hydrogens (tertiary/aromatic N) is 2. The maximum absolute atomic E-state index is 10.1. The molecule has 0 amide bonds. The van der Waals surface area contributed by atoms with Gasteiger partial charge in [0.1, 0.15) is 0 Å². The molecule has 1 fully saturated rings. The summed E-state index contributed by atoms with van der Waals surface area (Å²) in [6.45, 7) is 3.52. The second-order valence-corrected chi connectivity index (χ2v) is 6.53. The Hall–Kier alpha value is -2.05. The van der Waals surface area contributed by atoms with Crippen LogP contribution in [0.15, 0.2) is 36.7 Å². The van der Waals surface area contributed by atoms with Crippen molar-refractivity contribution in [2.24, 2.45) is 0 Å². The number of benzene rings is 1. The van der Waals surface area contributed by atoms with Crippen molar-refractivity contribution in [3.05, 3.63) is 42.2 Å². The first-order valence-corrected chi connectivity index (χ1v) is 8.55. The molecule has 24 heavy (non-hydrogen) atoms. The lowest BCUT2D eigenvalue weighted by atomic mass is 9.82. The van der Waals surface area contributed by atoms with Crippen molar-refractivity contribution in [1.29, 1.82) is 0 Å². The van der Waals surface area contributed by atoms with Crippen LogP contribution in [0.3, 0.4) is 0 Å². The zero-order valence-electron chi connectivity index (χ0n) is 13.8. The summed E-state index contributed by atoms with van der Waals surface area (Å²) in [6.07, 6.45) is 4.94. The Labute approximate surface area is 141 Å². The largest absolute Gasteiger partial charge is 0.490 e. The molecular weight excluding hydrogens is 306 g/mol. The SMILES string of the molecule is CC(N[C@H]1C[C@@H](O)[C@@H]1n1cccn1)c1ccc2c(c1)OCCCO2. The van der Waals surface area contributed by atoms with Gasteiger partial charge in [-0.05, 0) is 37.1 Å². The van der Waals surface area contributed by atoms with E-state index >= 15 is 0 Å². The first-order valence-electron chi connectivity index (χ1n) is 8.55. The molecule has 6 nitrogen and oxygen atoms in total. The second-order valence-electron chi connectivity index (χ2n) is 6.53. The molecule has 1 aliphatic carbocycles. The lowest BCUT2D eigenvalue weighted by Gasteiger charge is -2.43. The zero-order valence-corrected chi connectivity index (χ0v) is 13.8. The highest BCUT2D eigenvalue weighted by Crippen LogP contribution is 2.36. The van der Waals surface area contributed by atoms with Crippen molar-refractivity contribution in [1.82, 2.24) is 15.1 Å². The van der Waals surface area contributed by atoms with Crippen LogP contribution in [-0.2, 0) is 0 Å². The predicted octanol–water partition coefficient (Wildman–Crippen LogP) is 2.07. The van der Waals surface area contributed by atoms with Gasteiger partial charge in [0.25, 0.3) is 0 Å². The third-order valence-electron chi connectivity index (χ3n) is 4.87. The minimum Gasteiger partial charge on any atom is -0.490 e. The fourth-order valence-corrected chi connectivity index (χ4v) is 3.46. The van der Waals surface area contributed by atoms with Gasteiger partial charge in [-0.25, -0.2) is 0 Å². The van der Waals surface area contributed by atoms with Crippen molar-refractivity contribution in [3.8, 4) is 11.5 Å². The van der Waals surface area contributed by atoms with Gasteiger partial charge in [0.2, 0.25) is 0 Å². The number of nitrogens with one attached hydrogen (secondary N) is 1. The second kappa shape index (κ2) is 6.45. The average molecular weight is 329 g/mol. The minimum absolute atomic E-state index is 0.0112. The van der Waals surface area contributed by atoms with E-state index in [1.165, 1.54) is 0 Å². The Kier molecular flexibility index (Phi) is 4.16.